The number of phenols is 1. The Hall–Kier alpha value is -1.30. The van der Waals surface area contributed by atoms with E-state index in [4.69, 9.17) is 51.1 Å². The lowest BCUT2D eigenvalue weighted by molar-refractivity contribution is 0.303. The van der Waals surface area contributed by atoms with Crippen LogP contribution in [0.25, 0.3) is 0 Å². The van der Waals surface area contributed by atoms with Crippen LogP contribution < -0.4 is 10.1 Å². The summed E-state index contributed by atoms with van der Waals surface area (Å²) in [5.74, 6) is 0.541. The lowest BCUT2D eigenvalue weighted by Crippen LogP contribution is -2.04. The van der Waals surface area contributed by atoms with Crippen molar-refractivity contribution >= 4 is 68.0 Å². The molecule has 8 heteroatoms. The van der Waals surface area contributed by atoms with Gasteiger partial charge in [0, 0.05) is 37.9 Å². The number of phenolic OH excluding ortho intramolecular Hbond substituents is 1. The Balaban J connectivity index is 1.77. The molecule has 0 atom stereocenters. The zero-order valence-electron chi connectivity index (χ0n) is 14.3. The summed E-state index contributed by atoms with van der Waals surface area (Å²) in [7, 11) is 0. The smallest absolute Gasteiger partial charge is 0.152 e. The van der Waals surface area contributed by atoms with Crippen LogP contribution >= 0.6 is 62.3 Å². The molecule has 0 heterocycles. The second kappa shape index (κ2) is 9.47. The summed E-state index contributed by atoms with van der Waals surface area (Å²) < 4.78 is 6.88. The summed E-state index contributed by atoms with van der Waals surface area (Å²) in [5, 5.41) is 14.4. The quantitative estimate of drug-likeness (QED) is 0.323. The minimum atomic E-state index is -0.142. The van der Waals surface area contributed by atoms with Gasteiger partial charge in [-0.3, -0.25) is 0 Å². The second-order valence-corrected chi connectivity index (χ2v) is 8.43. The second-order valence-electron chi connectivity index (χ2n) is 5.88. The molecule has 0 saturated heterocycles. The van der Waals surface area contributed by atoms with Crippen molar-refractivity contribution in [1.82, 2.24) is 0 Å². The molecule has 3 aromatic rings. The van der Waals surface area contributed by atoms with Gasteiger partial charge in [-0.15, -0.1) is 0 Å². The topological polar surface area (TPSA) is 41.5 Å². The summed E-state index contributed by atoms with van der Waals surface area (Å²) in [6.07, 6.45) is 0. The summed E-state index contributed by atoms with van der Waals surface area (Å²) in [5.41, 5.74) is 2.30. The maximum Gasteiger partial charge on any atom is 0.152 e. The van der Waals surface area contributed by atoms with Crippen LogP contribution in [0, 0.1) is 0 Å². The Morgan fingerprint density at radius 1 is 0.893 bits per heavy atom. The van der Waals surface area contributed by atoms with E-state index < -0.39 is 0 Å². The zero-order chi connectivity index (χ0) is 20.3. The van der Waals surface area contributed by atoms with Gasteiger partial charge in [0.1, 0.15) is 12.4 Å². The molecule has 0 unspecified atom stereocenters. The Morgan fingerprint density at radius 2 is 1.54 bits per heavy atom. The molecule has 0 spiro atoms. The predicted octanol–water partition coefficient (Wildman–Crippen LogP) is 7.96. The molecule has 2 N–H and O–H groups in total. The van der Waals surface area contributed by atoms with E-state index in [1.807, 2.05) is 18.2 Å². The molecule has 0 amide bonds. The third kappa shape index (κ3) is 5.19. The van der Waals surface area contributed by atoms with E-state index in [9.17, 15) is 5.11 Å². The van der Waals surface area contributed by atoms with Gasteiger partial charge in [-0.2, -0.15) is 0 Å². The first-order valence-electron chi connectivity index (χ1n) is 8.11. The summed E-state index contributed by atoms with van der Waals surface area (Å²) >= 11 is 27.8. The average Bonchev–Trinajstić information content (AvgIpc) is 2.65. The van der Waals surface area contributed by atoms with Gasteiger partial charge in [0.25, 0.3) is 0 Å². The van der Waals surface area contributed by atoms with Crippen molar-refractivity contribution in [2.75, 3.05) is 5.32 Å². The van der Waals surface area contributed by atoms with Crippen LogP contribution in [0.5, 0.6) is 11.5 Å². The Morgan fingerprint density at radius 3 is 2.18 bits per heavy atom. The van der Waals surface area contributed by atoms with Gasteiger partial charge in [-0.1, -0.05) is 68.4 Å². The molecule has 146 valence electrons. The van der Waals surface area contributed by atoms with Crippen LogP contribution in [0.1, 0.15) is 11.1 Å². The number of halogens is 5. The first-order chi connectivity index (χ1) is 13.3. The number of ether oxygens (including phenoxy) is 1. The molecule has 0 aliphatic heterocycles. The Labute approximate surface area is 191 Å². The monoisotopic (exact) mass is 519 g/mol. The number of hydrogen-bond donors (Lipinski definition) is 2. The van der Waals surface area contributed by atoms with Crippen LogP contribution in [0.15, 0.2) is 53.0 Å². The Kier molecular flexibility index (Phi) is 7.24. The number of hydrogen-bond acceptors (Lipinski definition) is 3. The maximum atomic E-state index is 9.68. The molecule has 0 bridgehead atoms. The third-order valence-electron chi connectivity index (χ3n) is 3.96. The highest BCUT2D eigenvalue weighted by molar-refractivity contribution is 9.10. The largest absolute Gasteiger partial charge is 0.505 e. The number of aromatic hydroxyl groups is 1. The SMILES string of the molecule is Oc1c(Cl)cc(NCc2cc(Br)ccc2OCc2c(Cl)cccc2Cl)cc1Cl. The average molecular weight is 522 g/mol. The van der Waals surface area contributed by atoms with E-state index in [2.05, 4.69) is 21.2 Å². The number of anilines is 1. The molecule has 0 aromatic heterocycles. The van der Waals surface area contributed by atoms with E-state index in [0.717, 1.165) is 15.6 Å². The lowest BCUT2D eigenvalue weighted by atomic mass is 10.2. The van der Waals surface area contributed by atoms with Crippen LogP contribution in [-0.2, 0) is 13.2 Å². The number of rotatable bonds is 6. The molecule has 28 heavy (non-hydrogen) atoms. The molecule has 0 aliphatic carbocycles. The van der Waals surface area contributed by atoms with Gasteiger partial charge >= 0.3 is 0 Å². The van der Waals surface area contributed by atoms with Crippen LogP contribution in [0.4, 0.5) is 5.69 Å². The molecular formula is C20H14BrCl4NO2. The Bertz CT molecular complexity index is 970. The van der Waals surface area contributed by atoms with E-state index in [1.165, 1.54) is 0 Å². The molecule has 3 nitrogen and oxygen atoms in total. The highest BCUT2D eigenvalue weighted by Crippen LogP contribution is 2.35. The lowest BCUT2D eigenvalue weighted by Gasteiger charge is -2.15. The van der Waals surface area contributed by atoms with Gasteiger partial charge in [0.05, 0.1) is 10.0 Å². The van der Waals surface area contributed by atoms with E-state index in [0.29, 0.717) is 28.0 Å². The summed E-state index contributed by atoms with van der Waals surface area (Å²) in [6, 6.07) is 14.2. The first-order valence-corrected chi connectivity index (χ1v) is 10.4. The zero-order valence-corrected chi connectivity index (χ0v) is 18.9. The first kappa shape index (κ1) is 21.4. The van der Waals surface area contributed by atoms with E-state index in [1.54, 1.807) is 30.3 Å². The fourth-order valence-corrected chi connectivity index (χ4v) is 3.91. The number of benzene rings is 3. The van der Waals surface area contributed by atoms with Crippen molar-refractivity contribution in [3.63, 3.8) is 0 Å². The van der Waals surface area contributed by atoms with Crippen molar-refractivity contribution in [2.45, 2.75) is 13.2 Å². The summed E-state index contributed by atoms with van der Waals surface area (Å²) in [6.45, 7) is 0.687. The molecule has 0 radical (unpaired) electrons. The van der Waals surface area contributed by atoms with E-state index in [-0.39, 0.29) is 22.4 Å². The molecule has 0 saturated carbocycles. The predicted molar refractivity (Wildman–Crippen MR) is 120 cm³/mol. The highest BCUT2D eigenvalue weighted by Gasteiger charge is 2.11. The minimum absolute atomic E-state index is 0.142. The van der Waals surface area contributed by atoms with Gasteiger partial charge in [-0.25, -0.2) is 0 Å². The van der Waals surface area contributed by atoms with Crippen molar-refractivity contribution in [3.05, 3.63) is 84.2 Å². The normalized spacial score (nSPS) is 10.8. The third-order valence-corrected chi connectivity index (χ3v) is 5.73. The fraction of sp³-hybridized carbons (Fsp3) is 0.100. The van der Waals surface area contributed by atoms with Gasteiger partial charge in [0.2, 0.25) is 0 Å². The van der Waals surface area contributed by atoms with Gasteiger partial charge < -0.3 is 15.2 Å². The molecule has 0 fully saturated rings. The van der Waals surface area contributed by atoms with Crippen molar-refractivity contribution in [1.29, 1.82) is 0 Å². The standard InChI is InChI=1S/C20H14BrCl4NO2/c21-12-4-5-19(28-10-14-15(22)2-1-3-16(14)23)11(6-12)9-26-13-7-17(24)20(27)18(25)8-13/h1-8,26-27H,9-10H2. The summed E-state index contributed by atoms with van der Waals surface area (Å²) in [4.78, 5) is 0. The van der Waals surface area contributed by atoms with Gasteiger partial charge in [-0.05, 0) is 42.5 Å². The van der Waals surface area contributed by atoms with Crippen molar-refractivity contribution in [2.24, 2.45) is 0 Å². The van der Waals surface area contributed by atoms with Crippen molar-refractivity contribution < 1.29 is 9.84 Å². The van der Waals surface area contributed by atoms with Crippen molar-refractivity contribution in [3.8, 4) is 11.5 Å². The number of nitrogens with one attached hydrogen (secondary N) is 1. The van der Waals surface area contributed by atoms with Crippen LogP contribution in [0.2, 0.25) is 20.1 Å². The highest BCUT2D eigenvalue weighted by atomic mass is 79.9. The molecular weight excluding hydrogens is 508 g/mol. The van der Waals surface area contributed by atoms with E-state index >= 15 is 0 Å². The minimum Gasteiger partial charge on any atom is -0.505 e. The van der Waals surface area contributed by atoms with Gasteiger partial charge in [0.15, 0.2) is 5.75 Å². The molecule has 0 aliphatic rings. The van der Waals surface area contributed by atoms with Crippen LogP contribution in [0.3, 0.4) is 0 Å². The fourth-order valence-electron chi connectivity index (χ4n) is 2.51. The van der Waals surface area contributed by atoms with Crippen LogP contribution in [-0.4, -0.2) is 5.11 Å². The maximum absolute atomic E-state index is 9.68. The molecule has 3 aromatic carbocycles. The molecule has 3 rings (SSSR count).